The molecular weight excluding hydrogens is 579 g/mol. The topological polar surface area (TPSA) is 63.2 Å². The number of thioether (sulfide) groups is 1. The van der Waals surface area contributed by atoms with Crippen molar-refractivity contribution >= 4 is 40.3 Å². The number of amides is 1. The van der Waals surface area contributed by atoms with Crippen LogP contribution in [0.4, 0.5) is 11.4 Å². The van der Waals surface area contributed by atoms with Crippen LogP contribution in [0.15, 0.2) is 101 Å². The van der Waals surface area contributed by atoms with Crippen molar-refractivity contribution in [1.82, 2.24) is 5.32 Å². The number of carbonyl (C=O) groups is 1. The summed E-state index contributed by atoms with van der Waals surface area (Å²) in [6, 6.07) is 31.9. The average molecular weight is 616 g/mol. The van der Waals surface area contributed by atoms with Gasteiger partial charge in [-0.1, -0.05) is 73.7 Å². The number of amidine groups is 1. The molecule has 0 aromatic heterocycles. The highest BCUT2D eigenvalue weighted by molar-refractivity contribution is 8.18. The van der Waals surface area contributed by atoms with Crippen molar-refractivity contribution in [2.75, 3.05) is 31.7 Å². The predicted molar refractivity (Wildman–Crippen MR) is 184 cm³/mol. The van der Waals surface area contributed by atoms with Crippen LogP contribution in [-0.2, 0) is 4.79 Å². The first-order valence-electron chi connectivity index (χ1n) is 15.7. The van der Waals surface area contributed by atoms with Crippen molar-refractivity contribution in [3.63, 3.8) is 0 Å². The molecule has 3 aliphatic heterocycles. The molecule has 0 radical (unpaired) electrons. The summed E-state index contributed by atoms with van der Waals surface area (Å²) in [5, 5.41) is 3.59. The lowest BCUT2D eigenvalue weighted by molar-refractivity contribution is -0.115. The summed E-state index contributed by atoms with van der Waals surface area (Å²) in [6.45, 7) is 4.78. The largest absolute Gasteiger partial charge is 0.493 e. The fourth-order valence-electron chi connectivity index (χ4n) is 6.76. The van der Waals surface area contributed by atoms with E-state index in [0.717, 1.165) is 43.6 Å². The van der Waals surface area contributed by atoms with Gasteiger partial charge in [0.25, 0.3) is 5.91 Å². The van der Waals surface area contributed by atoms with E-state index >= 15 is 0 Å². The van der Waals surface area contributed by atoms with Gasteiger partial charge in [-0.25, -0.2) is 4.99 Å². The van der Waals surface area contributed by atoms with E-state index < -0.39 is 0 Å². The van der Waals surface area contributed by atoms with Gasteiger partial charge in [0, 0.05) is 30.6 Å². The number of aliphatic imine (C=N–C) groups is 1. The molecule has 0 aliphatic carbocycles. The van der Waals surface area contributed by atoms with Crippen LogP contribution < -0.4 is 19.7 Å². The van der Waals surface area contributed by atoms with Crippen LogP contribution in [0, 0.1) is 0 Å². The van der Waals surface area contributed by atoms with Gasteiger partial charge in [-0.15, -0.1) is 0 Å². The summed E-state index contributed by atoms with van der Waals surface area (Å²) >= 11 is 1.37. The molecule has 228 valence electrons. The zero-order chi connectivity index (χ0) is 30.8. The van der Waals surface area contributed by atoms with Gasteiger partial charge >= 0.3 is 0 Å². The zero-order valence-corrected chi connectivity index (χ0v) is 26.5. The molecule has 0 saturated carbocycles. The first kappa shape index (κ1) is 29.2. The van der Waals surface area contributed by atoms with Crippen molar-refractivity contribution in [1.29, 1.82) is 0 Å². The van der Waals surface area contributed by atoms with Crippen LogP contribution in [-0.4, -0.2) is 37.9 Å². The number of anilines is 1. The van der Waals surface area contributed by atoms with Gasteiger partial charge in [0.15, 0.2) is 16.7 Å². The standard InChI is InChI=1S/C38H37N3O3S/c1-3-20-44-33-15-14-25(21-34(33)43-2)22-35-37(42)40-38(45-35)39-28-23-31-29(26-10-6-4-7-11-26)16-18-41-19-17-30(32(24-28)36(31)41)27-12-8-5-9-13-27/h4-15,21-24,29-30H,3,16-20H2,1-2H3,(H,39,40,42)/b35-22-/t29-,30-/m1/s1. The molecule has 2 atom stereocenters. The van der Waals surface area contributed by atoms with Crippen molar-refractivity contribution in [2.45, 2.75) is 38.0 Å². The second kappa shape index (κ2) is 12.9. The third-order valence-electron chi connectivity index (χ3n) is 8.83. The van der Waals surface area contributed by atoms with Gasteiger partial charge < -0.3 is 19.7 Å². The smallest absolute Gasteiger partial charge is 0.264 e. The maximum Gasteiger partial charge on any atom is 0.264 e. The highest BCUT2D eigenvalue weighted by Crippen LogP contribution is 2.50. The minimum Gasteiger partial charge on any atom is -0.493 e. The van der Waals surface area contributed by atoms with Crippen LogP contribution in [0.25, 0.3) is 6.08 Å². The summed E-state index contributed by atoms with van der Waals surface area (Å²) in [5.41, 5.74) is 8.42. The third-order valence-corrected chi connectivity index (χ3v) is 9.74. The normalized spacial score (nSPS) is 20.7. The van der Waals surface area contributed by atoms with E-state index in [0.29, 0.717) is 40.0 Å². The van der Waals surface area contributed by atoms with Crippen molar-refractivity contribution in [3.8, 4) is 11.5 Å². The minimum atomic E-state index is -0.154. The Morgan fingerprint density at radius 2 is 1.53 bits per heavy atom. The monoisotopic (exact) mass is 615 g/mol. The Bertz CT molecular complexity index is 1700. The van der Waals surface area contributed by atoms with Crippen LogP contribution in [0.2, 0.25) is 0 Å². The van der Waals surface area contributed by atoms with E-state index in [1.807, 2.05) is 24.3 Å². The number of hydrogen-bond donors (Lipinski definition) is 1. The van der Waals surface area contributed by atoms with Crippen LogP contribution >= 0.6 is 11.8 Å². The van der Waals surface area contributed by atoms with Crippen molar-refractivity contribution in [3.05, 3.63) is 124 Å². The Hall–Kier alpha value is -4.49. The Labute approximate surface area is 269 Å². The number of nitrogens with zero attached hydrogens (tertiary/aromatic N) is 2. The summed E-state index contributed by atoms with van der Waals surface area (Å²) < 4.78 is 11.3. The molecule has 7 heteroatoms. The Balaban J connectivity index is 1.25. The molecule has 0 bridgehead atoms. The van der Waals surface area contributed by atoms with Gasteiger partial charge in [-0.05, 0) is 89.2 Å². The molecule has 4 aromatic rings. The Morgan fingerprint density at radius 3 is 2.13 bits per heavy atom. The zero-order valence-electron chi connectivity index (χ0n) is 25.7. The maximum atomic E-state index is 13.1. The van der Waals surface area contributed by atoms with Crippen LogP contribution in [0.1, 0.15) is 65.8 Å². The first-order valence-corrected chi connectivity index (χ1v) is 16.6. The van der Waals surface area contributed by atoms with E-state index in [9.17, 15) is 4.79 Å². The Morgan fingerprint density at radius 1 is 0.889 bits per heavy atom. The highest BCUT2D eigenvalue weighted by atomic mass is 32.2. The fourth-order valence-corrected chi connectivity index (χ4v) is 7.60. The van der Waals surface area contributed by atoms with E-state index in [-0.39, 0.29) is 5.91 Å². The summed E-state index contributed by atoms with van der Waals surface area (Å²) in [4.78, 5) is 21.3. The summed E-state index contributed by atoms with van der Waals surface area (Å²) in [7, 11) is 1.63. The molecule has 6 nitrogen and oxygen atoms in total. The van der Waals surface area contributed by atoms with Crippen LogP contribution in [0.3, 0.4) is 0 Å². The minimum absolute atomic E-state index is 0.154. The molecule has 7 rings (SSSR count). The number of ether oxygens (including phenoxy) is 2. The highest BCUT2D eigenvalue weighted by Gasteiger charge is 2.35. The van der Waals surface area contributed by atoms with Gasteiger partial charge in [0.05, 0.1) is 24.3 Å². The predicted octanol–water partition coefficient (Wildman–Crippen LogP) is 8.25. The van der Waals surface area contributed by atoms with E-state index in [1.54, 1.807) is 7.11 Å². The third kappa shape index (κ3) is 5.97. The molecule has 1 fully saturated rings. The number of rotatable bonds is 8. The Kier molecular flexibility index (Phi) is 8.35. The van der Waals surface area contributed by atoms with Gasteiger partial charge in [0.1, 0.15) is 0 Å². The fraction of sp³-hybridized carbons (Fsp3) is 0.263. The van der Waals surface area contributed by atoms with Crippen LogP contribution in [0.5, 0.6) is 11.5 Å². The number of methoxy groups -OCH3 is 1. The molecule has 1 amide bonds. The van der Waals surface area contributed by atoms with Gasteiger partial charge in [-0.3, -0.25) is 4.79 Å². The summed E-state index contributed by atoms with van der Waals surface area (Å²) in [6.07, 6.45) is 4.92. The molecule has 1 saturated heterocycles. The van der Waals surface area contributed by atoms with Crippen molar-refractivity contribution < 1.29 is 14.3 Å². The van der Waals surface area contributed by atoms with Gasteiger partial charge in [0.2, 0.25) is 0 Å². The van der Waals surface area contributed by atoms with E-state index in [1.165, 1.54) is 39.7 Å². The quantitative estimate of drug-likeness (QED) is 0.202. The molecule has 0 unspecified atom stereocenters. The number of nitrogens with one attached hydrogen (secondary N) is 1. The maximum absolute atomic E-state index is 13.1. The second-order valence-electron chi connectivity index (χ2n) is 11.7. The molecule has 3 aliphatic rings. The number of hydrogen-bond acceptors (Lipinski definition) is 6. The van der Waals surface area contributed by atoms with E-state index in [4.69, 9.17) is 14.5 Å². The molecule has 1 N–H and O–H groups in total. The second-order valence-corrected chi connectivity index (χ2v) is 12.7. The molecule has 3 heterocycles. The van der Waals surface area contributed by atoms with E-state index in [2.05, 4.69) is 89.9 Å². The first-order chi connectivity index (χ1) is 22.1. The molecule has 0 spiro atoms. The molecule has 45 heavy (non-hydrogen) atoms. The van der Waals surface area contributed by atoms with Gasteiger partial charge in [-0.2, -0.15) is 0 Å². The number of carbonyl (C=O) groups excluding carboxylic acids is 1. The van der Waals surface area contributed by atoms with Crippen molar-refractivity contribution in [2.24, 2.45) is 4.99 Å². The molecular formula is C38H37N3O3S. The lowest BCUT2D eigenvalue weighted by atomic mass is 9.76. The average Bonchev–Trinajstić information content (AvgIpc) is 3.42. The lowest BCUT2D eigenvalue weighted by Crippen LogP contribution is -2.37. The SMILES string of the molecule is CCCOc1ccc(/C=C2\SC(=Nc3cc4c5c(c3)[C@@H](c3ccccc3)CCN5CC[C@@H]4c3ccccc3)NC2=O)cc1OC. The summed E-state index contributed by atoms with van der Waals surface area (Å²) in [5.74, 6) is 1.79. The lowest BCUT2D eigenvalue weighted by Gasteiger charge is -2.43. The molecule has 4 aromatic carbocycles. The number of benzene rings is 4.